The molecule has 0 aliphatic carbocycles. The van der Waals surface area contributed by atoms with E-state index in [4.69, 9.17) is 21.9 Å². The van der Waals surface area contributed by atoms with Crippen LogP contribution in [0.2, 0.25) is 0 Å². The fourth-order valence-corrected chi connectivity index (χ4v) is 2.53. The summed E-state index contributed by atoms with van der Waals surface area (Å²) in [6.07, 6.45) is 12.5. The molecule has 0 aliphatic heterocycles. The molecular weight excluding hydrogens is 223 g/mol. The lowest BCUT2D eigenvalue weighted by molar-refractivity contribution is 0.113. The first-order chi connectivity index (χ1) is 7.45. The van der Waals surface area contributed by atoms with Crippen molar-refractivity contribution in [3.8, 4) is 24.7 Å². The molecule has 2 atom stereocenters. The summed E-state index contributed by atoms with van der Waals surface area (Å²) in [7, 11) is -3.29. The number of rotatable bonds is 7. The van der Waals surface area contributed by atoms with Gasteiger partial charge in [-0.05, 0) is 13.3 Å². The normalized spacial score (nSPS) is 17.5. The Morgan fingerprint density at radius 1 is 1.56 bits per heavy atom. The Morgan fingerprint density at radius 3 is 2.56 bits per heavy atom. The molecule has 0 saturated heterocycles. The number of allylic oxidation sites excluding steroid dienone is 1. The van der Waals surface area contributed by atoms with Crippen LogP contribution in [-0.2, 0) is 13.6 Å². The summed E-state index contributed by atoms with van der Waals surface area (Å²) in [5, 5.41) is 0. The molecule has 0 aliphatic rings. The SMILES string of the molecule is C#CCOP(=O)(CC=C)OC(C)(C#C)CC. The van der Waals surface area contributed by atoms with E-state index in [-0.39, 0.29) is 12.8 Å². The second-order valence-corrected chi connectivity index (χ2v) is 5.41. The van der Waals surface area contributed by atoms with Crippen LogP contribution in [0.4, 0.5) is 0 Å². The van der Waals surface area contributed by atoms with Gasteiger partial charge in [0.05, 0.1) is 6.16 Å². The van der Waals surface area contributed by atoms with E-state index in [1.54, 1.807) is 6.92 Å². The lowest BCUT2D eigenvalue weighted by atomic mass is 10.1. The topological polar surface area (TPSA) is 35.5 Å². The van der Waals surface area contributed by atoms with E-state index in [0.29, 0.717) is 6.42 Å². The quantitative estimate of drug-likeness (QED) is 0.390. The molecule has 3 nitrogen and oxygen atoms in total. The van der Waals surface area contributed by atoms with Gasteiger partial charge in [0.25, 0.3) is 0 Å². The van der Waals surface area contributed by atoms with E-state index >= 15 is 0 Å². The molecule has 0 heterocycles. The summed E-state index contributed by atoms with van der Waals surface area (Å²) >= 11 is 0. The first-order valence-corrected chi connectivity index (χ1v) is 6.64. The highest BCUT2D eigenvalue weighted by Crippen LogP contribution is 2.51. The summed E-state index contributed by atoms with van der Waals surface area (Å²) in [6.45, 7) is 6.96. The van der Waals surface area contributed by atoms with Crippen LogP contribution >= 0.6 is 7.60 Å². The van der Waals surface area contributed by atoms with Crippen LogP contribution in [0.3, 0.4) is 0 Å². The Morgan fingerprint density at radius 2 is 2.19 bits per heavy atom. The van der Waals surface area contributed by atoms with Crippen LogP contribution in [0, 0.1) is 24.7 Å². The number of hydrogen-bond acceptors (Lipinski definition) is 3. The van der Waals surface area contributed by atoms with Gasteiger partial charge in [-0.2, -0.15) is 0 Å². The lowest BCUT2D eigenvalue weighted by Crippen LogP contribution is -2.25. The summed E-state index contributed by atoms with van der Waals surface area (Å²) in [5.41, 5.74) is -0.910. The zero-order chi connectivity index (χ0) is 12.7. The van der Waals surface area contributed by atoms with Gasteiger partial charge in [-0.1, -0.05) is 24.8 Å². The smallest absolute Gasteiger partial charge is 0.295 e. The molecule has 0 rings (SSSR count). The fourth-order valence-electron chi connectivity index (χ4n) is 0.910. The molecule has 0 N–H and O–H groups in total. The van der Waals surface area contributed by atoms with Gasteiger partial charge in [0, 0.05) is 0 Å². The third-order valence-corrected chi connectivity index (χ3v) is 3.93. The molecule has 4 heteroatoms. The molecule has 0 aromatic rings. The Kier molecular flexibility index (Phi) is 6.16. The largest absolute Gasteiger partial charge is 0.336 e. The Labute approximate surface area is 97.8 Å². The van der Waals surface area contributed by atoms with Gasteiger partial charge in [-0.25, -0.2) is 0 Å². The van der Waals surface area contributed by atoms with Crippen molar-refractivity contribution in [2.75, 3.05) is 12.8 Å². The fraction of sp³-hybridized carbons (Fsp3) is 0.500. The van der Waals surface area contributed by atoms with Gasteiger partial charge in [0.2, 0.25) is 0 Å². The van der Waals surface area contributed by atoms with E-state index in [0.717, 1.165) is 0 Å². The Hall–Kier alpha value is -0.990. The first-order valence-electron chi connectivity index (χ1n) is 4.91. The lowest BCUT2D eigenvalue weighted by Gasteiger charge is -2.27. The minimum Gasteiger partial charge on any atom is -0.295 e. The highest BCUT2D eigenvalue weighted by atomic mass is 31.2. The van der Waals surface area contributed by atoms with Gasteiger partial charge in [-0.3, -0.25) is 13.6 Å². The summed E-state index contributed by atoms with van der Waals surface area (Å²) in [4.78, 5) is 0. The van der Waals surface area contributed by atoms with Crippen molar-refractivity contribution >= 4 is 7.60 Å². The molecule has 0 amide bonds. The summed E-state index contributed by atoms with van der Waals surface area (Å²) in [6, 6.07) is 0. The summed E-state index contributed by atoms with van der Waals surface area (Å²) < 4.78 is 22.6. The molecule has 0 radical (unpaired) electrons. The Balaban J connectivity index is 4.81. The monoisotopic (exact) mass is 240 g/mol. The molecule has 2 unspecified atom stereocenters. The van der Waals surface area contributed by atoms with Crippen LogP contribution in [0.5, 0.6) is 0 Å². The van der Waals surface area contributed by atoms with E-state index in [2.05, 4.69) is 18.4 Å². The average molecular weight is 240 g/mol. The molecule has 16 heavy (non-hydrogen) atoms. The van der Waals surface area contributed by atoms with Gasteiger partial charge >= 0.3 is 7.60 Å². The maximum Gasteiger partial charge on any atom is 0.336 e. The molecule has 0 aromatic heterocycles. The average Bonchev–Trinajstić information content (AvgIpc) is 2.26. The van der Waals surface area contributed by atoms with Crippen molar-refractivity contribution in [2.45, 2.75) is 25.9 Å². The Bertz CT molecular complexity index is 361. The van der Waals surface area contributed by atoms with Crippen LogP contribution < -0.4 is 0 Å². The van der Waals surface area contributed by atoms with Crippen LogP contribution in [0.1, 0.15) is 20.3 Å². The second-order valence-electron chi connectivity index (χ2n) is 3.38. The van der Waals surface area contributed by atoms with E-state index in [9.17, 15) is 4.57 Å². The van der Waals surface area contributed by atoms with Crippen molar-refractivity contribution in [3.63, 3.8) is 0 Å². The van der Waals surface area contributed by atoms with E-state index < -0.39 is 13.2 Å². The molecule has 0 aromatic carbocycles. The minimum absolute atomic E-state index is 0.0739. The minimum atomic E-state index is -3.29. The predicted molar refractivity (Wildman–Crippen MR) is 66.1 cm³/mol. The van der Waals surface area contributed by atoms with Gasteiger partial charge in [0.1, 0.15) is 12.2 Å². The third kappa shape index (κ3) is 4.69. The molecule has 0 saturated carbocycles. The van der Waals surface area contributed by atoms with Crippen molar-refractivity contribution < 1.29 is 13.6 Å². The first kappa shape index (κ1) is 15.0. The molecule has 0 bridgehead atoms. The van der Waals surface area contributed by atoms with Gasteiger partial charge in [0.15, 0.2) is 0 Å². The van der Waals surface area contributed by atoms with Crippen LogP contribution in [-0.4, -0.2) is 18.4 Å². The van der Waals surface area contributed by atoms with E-state index in [1.165, 1.54) is 6.08 Å². The summed E-state index contributed by atoms with van der Waals surface area (Å²) in [5.74, 6) is 4.70. The van der Waals surface area contributed by atoms with Crippen molar-refractivity contribution in [1.82, 2.24) is 0 Å². The predicted octanol–water partition coefficient (Wildman–Crippen LogP) is 2.83. The zero-order valence-corrected chi connectivity index (χ0v) is 10.6. The van der Waals surface area contributed by atoms with Crippen molar-refractivity contribution in [2.24, 2.45) is 0 Å². The second kappa shape index (κ2) is 6.56. The molecule has 0 spiro atoms. The molecule has 0 fully saturated rings. The van der Waals surface area contributed by atoms with Crippen LogP contribution in [0.25, 0.3) is 0 Å². The van der Waals surface area contributed by atoms with Crippen LogP contribution in [0.15, 0.2) is 12.7 Å². The standard InChI is InChI=1S/C12H17O3P/c1-6-10-14-16(13,11-7-2)15-12(5,8-3)9-4/h1,3,7H,2,9-11H2,4-5H3. The number of terminal acetylenes is 2. The molecule has 88 valence electrons. The third-order valence-electron chi connectivity index (χ3n) is 2.02. The van der Waals surface area contributed by atoms with Crippen molar-refractivity contribution in [1.29, 1.82) is 0 Å². The van der Waals surface area contributed by atoms with E-state index in [1.807, 2.05) is 6.92 Å². The number of hydrogen-bond donors (Lipinski definition) is 0. The molecular formula is C12H17O3P. The van der Waals surface area contributed by atoms with Gasteiger partial charge in [-0.15, -0.1) is 19.4 Å². The highest BCUT2D eigenvalue weighted by molar-refractivity contribution is 7.54. The van der Waals surface area contributed by atoms with Gasteiger partial charge < -0.3 is 0 Å². The van der Waals surface area contributed by atoms with Crippen molar-refractivity contribution in [3.05, 3.63) is 12.7 Å². The maximum atomic E-state index is 12.2. The highest BCUT2D eigenvalue weighted by Gasteiger charge is 2.33. The zero-order valence-electron chi connectivity index (χ0n) is 9.73. The maximum absolute atomic E-state index is 12.2.